The maximum atomic E-state index is 13.4. The number of amides is 1. The molecule has 0 saturated carbocycles. The van der Waals surface area contributed by atoms with E-state index in [9.17, 15) is 9.18 Å². The zero-order valence-corrected chi connectivity index (χ0v) is 11.9. The highest BCUT2D eigenvalue weighted by Gasteiger charge is 2.30. The minimum atomic E-state index is -0.380. The molecule has 0 bridgehead atoms. The zero-order valence-electron chi connectivity index (χ0n) is 11.2. The second kappa shape index (κ2) is 5.88. The third kappa shape index (κ3) is 2.90. The molecule has 1 aromatic rings. The van der Waals surface area contributed by atoms with Crippen LogP contribution in [0, 0.1) is 12.7 Å². The van der Waals surface area contributed by atoms with Crippen molar-refractivity contribution in [2.75, 3.05) is 20.1 Å². The molecule has 1 atom stereocenters. The fourth-order valence-electron chi connectivity index (χ4n) is 2.53. The first-order chi connectivity index (χ1) is 9.04. The Morgan fingerprint density at radius 1 is 1.58 bits per heavy atom. The van der Waals surface area contributed by atoms with Crippen LogP contribution >= 0.6 is 11.6 Å². The molecule has 1 N–H and O–H groups in total. The van der Waals surface area contributed by atoms with Crippen LogP contribution in [-0.4, -0.2) is 37.0 Å². The van der Waals surface area contributed by atoms with Crippen molar-refractivity contribution in [3.63, 3.8) is 0 Å². The van der Waals surface area contributed by atoms with E-state index < -0.39 is 0 Å². The molecular weight excluding hydrogens is 267 g/mol. The molecule has 0 aromatic heterocycles. The van der Waals surface area contributed by atoms with Gasteiger partial charge in [0.1, 0.15) is 5.82 Å². The van der Waals surface area contributed by atoms with Crippen LogP contribution < -0.4 is 5.32 Å². The number of likely N-dealkylation sites (tertiary alicyclic amines) is 1. The number of likely N-dealkylation sites (N-methyl/N-ethyl adjacent to an activating group) is 1. The lowest BCUT2D eigenvalue weighted by Crippen LogP contribution is -2.41. The highest BCUT2D eigenvalue weighted by atomic mass is 35.5. The Morgan fingerprint density at radius 2 is 2.32 bits per heavy atom. The van der Waals surface area contributed by atoms with Gasteiger partial charge in [-0.2, -0.15) is 0 Å². The number of nitrogens with one attached hydrogen (secondary N) is 1. The molecule has 1 heterocycles. The monoisotopic (exact) mass is 284 g/mol. The largest absolute Gasteiger partial charge is 0.334 e. The van der Waals surface area contributed by atoms with Crippen LogP contribution in [0.2, 0.25) is 5.02 Å². The lowest BCUT2D eigenvalue weighted by atomic mass is 10.1. The number of carbonyl (C=O) groups excluding carboxylic acids is 1. The minimum absolute atomic E-state index is 0.106. The average molecular weight is 285 g/mol. The van der Waals surface area contributed by atoms with Crippen molar-refractivity contribution in [1.82, 2.24) is 10.2 Å². The van der Waals surface area contributed by atoms with Gasteiger partial charge in [0, 0.05) is 19.1 Å². The smallest absolute Gasteiger partial charge is 0.255 e. The molecule has 104 valence electrons. The summed E-state index contributed by atoms with van der Waals surface area (Å²) in [6.45, 7) is 3.14. The van der Waals surface area contributed by atoms with Crippen molar-refractivity contribution < 1.29 is 9.18 Å². The van der Waals surface area contributed by atoms with E-state index in [4.69, 9.17) is 11.6 Å². The minimum Gasteiger partial charge on any atom is -0.334 e. The van der Waals surface area contributed by atoms with Gasteiger partial charge in [0.25, 0.3) is 5.91 Å². The van der Waals surface area contributed by atoms with Gasteiger partial charge in [0.05, 0.1) is 10.6 Å². The zero-order chi connectivity index (χ0) is 14.0. The summed E-state index contributed by atoms with van der Waals surface area (Å²) in [5.41, 5.74) is 0.834. The SMILES string of the molecule is CNC[C@@H]1CCCN1C(=O)c1cc(C)c(F)cc1Cl. The Balaban J connectivity index is 2.26. The quantitative estimate of drug-likeness (QED) is 0.925. The van der Waals surface area contributed by atoms with Gasteiger partial charge in [-0.05, 0) is 44.5 Å². The standard InChI is InChI=1S/C14H18ClFN2O/c1-9-6-11(12(15)7-13(9)16)14(19)18-5-3-4-10(18)8-17-2/h6-7,10,17H,3-5,8H2,1-2H3/t10-/m0/s1. The number of hydrogen-bond donors (Lipinski definition) is 1. The molecular formula is C14H18ClFN2O. The molecule has 1 aromatic carbocycles. The van der Waals surface area contributed by atoms with Gasteiger partial charge in [-0.3, -0.25) is 4.79 Å². The summed E-state index contributed by atoms with van der Waals surface area (Å²) in [6.07, 6.45) is 1.99. The molecule has 1 amide bonds. The summed E-state index contributed by atoms with van der Waals surface area (Å²) in [5, 5.41) is 3.28. The third-order valence-electron chi connectivity index (χ3n) is 3.56. The predicted octanol–water partition coefficient (Wildman–Crippen LogP) is 2.61. The van der Waals surface area contributed by atoms with Gasteiger partial charge >= 0.3 is 0 Å². The van der Waals surface area contributed by atoms with E-state index in [0.717, 1.165) is 25.9 Å². The van der Waals surface area contributed by atoms with E-state index in [1.165, 1.54) is 12.1 Å². The van der Waals surface area contributed by atoms with E-state index in [1.54, 1.807) is 6.92 Å². The van der Waals surface area contributed by atoms with Crippen LogP contribution in [0.4, 0.5) is 4.39 Å². The fraction of sp³-hybridized carbons (Fsp3) is 0.500. The summed E-state index contributed by atoms with van der Waals surface area (Å²) in [4.78, 5) is 14.3. The Morgan fingerprint density at radius 3 is 3.00 bits per heavy atom. The van der Waals surface area contributed by atoms with E-state index in [2.05, 4.69) is 5.32 Å². The van der Waals surface area contributed by atoms with Crippen LogP contribution in [0.1, 0.15) is 28.8 Å². The van der Waals surface area contributed by atoms with Gasteiger partial charge in [-0.15, -0.1) is 0 Å². The molecule has 2 rings (SSSR count). The molecule has 0 spiro atoms. The van der Waals surface area contributed by atoms with Crippen molar-refractivity contribution in [2.45, 2.75) is 25.8 Å². The lowest BCUT2D eigenvalue weighted by Gasteiger charge is -2.25. The molecule has 1 saturated heterocycles. The van der Waals surface area contributed by atoms with Crippen LogP contribution in [-0.2, 0) is 0 Å². The second-order valence-corrected chi connectivity index (χ2v) is 5.34. The summed E-state index contributed by atoms with van der Waals surface area (Å²) < 4.78 is 13.4. The number of aryl methyl sites for hydroxylation is 1. The third-order valence-corrected chi connectivity index (χ3v) is 3.87. The summed E-state index contributed by atoms with van der Waals surface area (Å²) in [6, 6.07) is 2.95. The summed E-state index contributed by atoms with van der Waals surface area (Å²) >= 11 is 6.00. The number of benzene rings is 1. The number of nitrogens with zero attached hydrogens (tertiary/aromatic N) is 1. The fourth-order valence-corrected chi connectivity index (χ4v) is 2.76. The van der Waals surface area contributed by atoms with Crippen molar-refractivity contribution in [3.8, 4) is 0 Å². The normalized spacial score (nSPS) is 18.9. The number of halogens is 2. The first-order valence-corrected chi connectivity index (χ1v) is 6.83. The maximum Gasteiger partial charge on any atom is 0.255 e. The molecule has 3 nitrogen and oxygen atoms in total. The molecule has 1 fully saturated rings. The molecule has 1 aliphatic rings. The number of hydrogen-bond acceptors (Lipinski definition) is 2. The molecule has 1 aliphatic heterocycles. The average Bonchev–Trinajstić information content (AvgIpc) is 2.82. The van der Waals surface area contributed by atoms with Gasteiger partial charge in [0.15, 0.2) is 0 Å². The number of rotatable bonds is 3. The first kappa shape index (κ1) is 14.3. The number of carbonyl (C=O) groups is 1. The topological polar surface area (TPSA) is 32.3 Å². The molecule has 0 aliphatic carbocycles. The summed E-state index contributed by atoms with van der Waals surface area (Å²) in [7, 11) is 1.87. The van der Waals surface area contributed by atoms with Gasteiger partial charge in [-0.1, -0.05) is 11.6 Å². The highest BCUT2D eigenvalue weighted by molar-refractivity contribution is 6.33. The van der Waals surface area contributed by atoms with Crippen LogP contribution in [0.3, 0.4) is 0 Å². The Labute approximate surface area is 117 Å². The summed E-state index contributed by atoms with van der Waals surface area (Å²) in [5.74, 6) is -0.486. The second-order valence-electron chi connectivity index (χ2n) is 4.93. The van der Waals surface area contributed by atoms with E-state index in [-0.39, 0.29) is 22.8 Å². The van der Waals surface area contributed by atoms with Gasteiger partial charge < -0.3 is 10.2 Å². The van der Waals surface area contributed by atoms with Crippen LogP contribution in [0.25, 0.3) is 0 Å². The molecule has 19 heavy (non-hydrogen) atoms. The van der Waals surface area contributed by atoms with Crippen molar-refractivity contribution >= 4 is 17.5 Å². The highest BCUT2D eigenvalue weighted by Crippen LogP contribution is 2.25. The van der Waals surface area contributed by atoms with Crippen molar-refractivity contribution in [1.29, 1.82) is 0 Å². The molecule has 0 unspecified atom stereocenters. The first-order valence-electron chi connectivity index (χ1n) is 6.45. The Bertz CT molecular complexity index is 493. The Hall–Kier alpha value is -1.13. The van der Waals surface area contributed by atoms with Crippen LogP contribution in [0.15, 0.2) is 12.1 Å². The van der Waals surface area contributed by atoms with Gasteiger partial charge in [0.2, 0.25) is 0 Å². The van der Waals surface area contributed by atoms with Crippen LogP contribution in [0.5, 0.6) is 0 Å². The molecule has 0 radical (unpaired) electrons. The van der Waals surface area contributed by atoms with E-state index >= 15 is 0 Å². The van der Waals surface area contributed by atoms with Crippen molar-refractivity contribution in [3.05, 3.63) is 34.1 Å². The maximum absolute atomic E-state index is 13.4. The molecule has 5 heteroatoms. The van der Waals surface area contributed by atoms with Crippen molar-refractivity contribution in [2.24, 2.45) is 0 Å². The van der Waals surface area contributed by atoms with E-state index in [0.29, 0.717) is 11.1 Å². The van der Waals surface area contributed by atoms with Gasteiger partial charge in [-0.25, -0.2) is 4.39 Å². The predicted molar refractivity (Wildman–Crippen MR) is 74.1 cm³/mol. The van der Waals surface area contributed by atoms with E-state index in [1.807, 2.05) is 11.9 Å². The Kier molecular flexibility index (Phi) is 4.42. The lowest BCUT2D eigenvalue weighted by molar-refractivity contribution is 0.0737.